The molecule has 2 rings (SSSR count). The van der Waals surface area contributed by atoms with Crippen LogP contribution in [0.5, 0.6) is 0 Å². The lowest BCUT2D eigenvalue weighted by molar-refractivity contribution is 0.112. The maximum Gasteiger partial charge on any atom is 0.150 e. The fraction of sp³-hybridized carbons (Fsp3) is 0.533. The second kappa shape index (κ2) is 6.01. The predicted molar refractivity (Wildman–Crippen MR) is 75.4 cm³/mol. The first-order valence-electron chi connectivity index (χ1n) is 6.75. The summed E-state index contributed by atoms with van der Waals surface area (Å²) in [5.41, 5.74) is 1.95. The lowest BCUT2D eigenvalue weighted by atomic mass is 10.0. The smallest absolute Gasteiger partial charge is 0.150 e. The Hall–Kier alpha value is -1.35. The van der Waals surface area contributed by atoms with Crippen molar-refractivity contribution in [1.82, 2.24) is 4.90 Å². The van der Waals surface area contributed by atoms with Crippen molar-refractivity contribution in [3.8, 4) is 0 Å². The first-order valence-corrected chi connectivity index (χ1v) is 6.75. The molecule has 0 radical (unpaired) electrons. The van der Waals surface area contributed by atoms with Crippen LogP contribution in [-0.2, 0) is 0 Å². The zero-order chi connectivity index (χ0) is 13.0. The van der Waals surface area contributed by atoms with Crippen molar-refractivity contribution >= 4 is 12.0 Å². The summed E-state index contributed by atoms with van der Waals surface area (Å²) < 4.78 is 0. The molecular weight excluding hydrogens is 224 g/mol. The SMILES string of the molecule is CCN1CCC(N(C)c2ccc(C=O)cc2)CC1. The Bertz CT molecular complexity index is 380. The molecule has 0 N–H and O–H groups in total. The van der Waals surface area contributed by atoms with Crippen LogP contribution in [-0.4, -0.2) is 43.9 Å². The van der Waals surface area contributed by atoms with Gasteiger partial charge in [-0.2, -0.15) is 0 Å². The Morgan fingerprint density at radius 3 is 2.39 bits per heavy atom. The van der Waals surface area contributed by atoms with Crippen LogP contribution in [0.15, 0.2) is 24.3 Å². The van der Waals surface area contributed by atoms with Crippen LogP contribution in [0.3, 0.4) is 0 Å². The van der Waals surface area contributed by atoms with E-state index in [1.165, 1.54) is 31.6 Å². The summed E-state index contributed by atoms with van der Waals surface area (Å²) in [6, 6.07) is 8.47. The average Bonchev–Trinajstić information content (AvgIpc) is 2.47. The van der Waals surface area contributed by atoms with Gasteiger partial charge in [-0.3, -0.25) is 4.79 Å². The molecule has 0 amide bonds. The van der Waals surface area contributed by atoms with Crippen LogP contribution in [0, 0.1) is 0 Å². The molecule has 3 nitrogen and oxygen atoms in total. The first kappa shape index (κ1) is 13.1. The number of anilines is 1. The van der Waals surface area contributed by atoms with Crippen molar-refractivity contribution < 1.29 is 4.79 Å². The van der Waals surface area contributed by atoms with Crippen molar-refractivity contribution in [2.45, 2.75) is 25.8 Å². The Morgan fingerprint density at radius 2 is 1.89 bits per heavy atom. The number of hydrogen-bond donors (Lipinski definition) is 0. The van der Waals surface area contributed by atoms with Crippen LogP contribution in [0.1, 0.15) is 30.1 Å². The third-order valence-corrected chi connectivity index (χ3v) is 3.99. The van der Waals surface area contributed by atoms with Crippen molar-refractivity contribution in [2.75, 3.05) is 31.6 Å². The molecule has 0 aliphatic carbocycles. The molecule has 1 saturated heterocycles. The Kier molecular flexibility index (Phi) is 4.37. The van der Waals surface area contributed by atoms with Gasteiger partial charge < -0.3 is 9.80 Å². The van der Waals surface area contributed by atoms with Gasteiger partial charge in [0.15, 0.2) is 0 Å². The second-order valence-corrected chi connectivity index (χ2v) is 4.99. The minimum absolute atomic E-state index is 0.620. The number of carbonyl (C=O) groups is 1. The molecule has 1 aliphatic heterocycles. The molecule has 0 aromatic heterocycles. The van der Waals surface area contributed by atoms with E-state index in [1.807, 2.05) is 24.3 Å². The zero-order valence-corrected chi connectivity index (χ0v) is 11.3. The van der Waals surface area contributed by atoms with Gasteiger partial charge in [-0.15, -0.1) is 0 Å². The summed E-state index contributed by atoms with van der Waals surface area (Å²) in [6.07, 6.45) is 3.34. The number of nitrogens with zero attached hydrogens (tertiary/aromatic N) is 2. The van der Waals surface area contributed by atoms with E-state index in [-0.39, 0.29) is 0 Å². The number of carbonyl (C=O) groups excluding carboxylic acids is 1. The third-order valence-electron chi connectivity index (χ3n) is 3.99. The first-order chi connectivity index (χ1) is 8.74. The average molecular weight is 246 g/mol. The Labute approximate surface area is 109 Å². The molecular formula is C15H22N2O. The molecule has 1 fully saturated rings. The predicted octanol–water partition coefficient (Wildman–Crippen LogP) is 2.42. The van der Waals surface area contributed by atoms with Gasteiger partial charge >= 0.3 is 0 Å². The molecule has 0 atom stereocenters. The van der Waals surface area contributed by atoms with E-state index < -0.39 is 0 Å². The molecule has 98 valence electrons. The zero-order valence-electron chi connectivity index (χ0n) is 11.3. The molecule has 3 heteroatoms. The summed E-state index contributed by atoms with van der Waals surface area (Å²) in [4.78, 5) is 15.5. The fourth-order valence-corrected chi connectivity index (χ4v) is 2.62. The molecule has 18 heavy (non-hydrogen) atoms. The minimum atomic E-state index is 0.620. The van der Waals surface area contributed by atoms with E-state index in [4.69, 9.17) is 0 Å². The van der Waals surface area contributed by atoms with Crippen LogP contribution in [0.2, 0.25) is 0 Å². The topological polar surface area (TPSA) is 23.6 Å². The van der Waals surface area contributed by atoms with E-state index >= 15 is 0 Å². The lowest BCUT2D eigenvalue weighted by Gasteiger charge is -2.37. The van der Waals surface area contributed by atoms with Gasteiger partial charge in [0.25, 0.3) is 0 Å². The van der Waals surface area contributed by atoms with Crippen LogP contribution in [0.25, 0.3) is 0 Å². The summed E-state index contributed by atoms with van der Waals surface area (Å²) in [7, 11) is 2.15. The number of benzene rings is 1. The van der Waals surface area contributed by atoms with Gasteiger partial charge in [0, 0.05) is 37.4 Å². The van der Waals surface area contributed by atoms with Crippen LogP contribution >= 0.6 is 0 Å². The van der Waals surface area contributed by atoms with Gasteiger partial charge in [0.05, 0.1) is 0 Å². The van der Waals surface area contributed by atoms with Crippen LogP contribution < -0.4 is 4.90 Å². The third kappa shape index (κ3) is 2.91. The van der Waals surface area contributed by atoms with Crippen molar-refractivity contribution in [1.29, 1.82) is 0 Å². The van der Waals surface area contributed by atoms with E-state index in [1.54, 1.807) is 0 Å². The molecule has 0 spiro atoms. The molecule has 0 bridgehead atoms. The Morgan fingerprint density at radius 1 is 1.28 bits per heavy atom. The lowest BCUT2D eigenvalue weighted by Crippen LogP contribution is -2.43. The van der Waals surface area contributed by atoms with E-state index in [9.17, 15) is 4.79 Å². The highest BCUT2D eigenvalue weighted by Crippen LogP contribution is 2.22. The normalized spacial score (nSPS) is 17.7. The summed E-state index contributed by atoms with van der Waals surface area (Å²) in [6.45, 7) is 5.77. The quantitative estimate of drug-likeness (QED) is 0.762. The highest BCUT2D eigenvalue weighted by atomic mass is 16.1. The standard InChI is InChI=1S/C15H22N2O/c1-3-17-10-8-15(9-11-17)16(2)14-6-4-13(12-18)5-7-14/h4-7,12,15H,3,8-11H2,1-2H3. The fourth-order valence-electron chi connectivity index (χ4n) is 2.62. The largest absolute Gasteiger partial charge is 0.372 e. The van der Waals surface area contributed by atoms with E-state index in [2.05, 4.69) is 23.8 Å². The minimum Gasteiger partial charge on any atom is -0.372 e. The number of likely N-dealkylation sites (tertiary alicyclic amines) is 1. The maximum atomic E-state index is 10.6. The second-order valence-electron chi connectivity index (χ2n) is 4.99. The van der Waals surface area contributed by atoms with Gasteiger partial charge in [-0.1, -0.05) is 6.92 Å². The number of hydrogen-bond acceptors (Lipinski definition) is 3. The van der Waals surface area contributed by atoms with Crippen molar-refractivity contribution in [2.24, 2.45) is 0 Å². The van der Waals surface area contributed by atoms with E-state index in [0.717, 1.165) is 18.4 Å². The summed E-state index contributed by atoms with van der Waals surface area (Å²) in [5, 5.41) is 0. The van der Waals surface area contributed by atoms with Gasteiger partial charge in [0.1, 0.15) is 6.29 Å². The van der Waals surface area contributed by atoms with Crippen LogP contribution in [0.4, 0.5) is 5.69 Å². The maximum absolute atomic E-state index is 10.6. The van der Waals surface area contributed by atoms with Gasteiger partial charge in [-0.25, -0.2) is 0 Å². The summed E-state index contributed by atoms with van der Waals surface area (Å²) >= 11 is 0. The molecule has 1 aliphatic rings. The Balaban J connectivity index is 1.98. The highest BCUT2D eigenvalue weighted by molar-refractivity contribution is 5.75. The number of aldehydes is 1. The number of rotatable bonds is 4. The van der Waals surface area contributed by atoms with Gasteiger partial charge in [0.2, 0.25) is 0 Å². The van der Waals surface area contributed by atoms with Crippen molar-refractivity contribution in [3.05, 3.63) is 29.8 Å². The molecule has 0 saturated carbocycles. The number of piperidine rings is 1. The van der Waals surface area contributed by atoms with E-state index in [0.29, 0.717) is 6.04 Å². The molecule has 1 aromatic carbocycles. The molecule has 0 unspecified atom stereocenters. The molecule has 1 aromatic rings. The molecule has 1 heterocycles. The van der Waals surface area contributed by atoms with Crippen molar-refractivity contribution in [3.63, 3.8) is 0 Å². The summed E-state index contributed by atoms with van der Waals surface area (Å²) in [5.74, 6) is 0. The van der Waals surface area contributed by atoms with Gasteiger partial charge in [-0.05, 0) is 43.7 Å². The monoisotopic (exact) mass is 246 g/mol. The highest BCUT2D eigenvalue weighted by Gasteiger charge is 2.21.